The van der Waals surface area contributed by atoms with Gasteiger partial charge in [0.1, 0.15) is 0 Å². The van der Waals surface area contributed by atoms with Gasteiger partial charge in [-0.25, -0.2) is 0 Å². The molecule has 0 unspecified atom stereocenters. The molecule has 0 aliphatic heterocycles. The molecule has 0 spiro atoms. The van der Waals surface area contributed by atoms with Crippen LogP contribution in [0.1, 0.15) is 34.3 Å². The van der Waals surface area contributed by atoms with E-state index in [2.05, 4.69) is 12.2 Å². The Morgan fingerprint density at radius 3 is 2.87 bits per heavy atom. The maximum absolute atomic E-state index is 11.6. The minimum absolute atomic E-state index is 0.0364. The van der Waals surface area contributed by atoms with Crippen LogP contribution in [-0.4, -0.2) is 18.3 Å². The first kappa shape index (κ1) is 12.5. The summed E-state index contributed by atoms with van der Waals surface area (Å²) in [6.07, 6.45) is 2.89. The normalized spacial score (nSPS) is 10.3. The van der Waals surface area contributed by atoms with Crippen molar-refractivity contribution >= 4 is 28.8 Å². The van der Waals surface area contributed by atoms with Crippen LogP contribution in [-0.2, 0) is 6.42 Å². The Bertz CT molecular complexity index is 311. The van der Waals surface area contributed by atoms with E-state index in [1.165, 1.54) is 4.88 Å². The highest BCUT2D eigenvalue weighted by Gasteiger charge is 2.07. The van der Waals surface area contributed by atoms with E-state index in [1.807, 2.05) is 12.1 Å². The molecule has 0 saturated carbocycles. The highest BCUT2D eigenvalue weighted by Crippen LogP contribution is 2.16. The van der Waals surface area contributed by atoms with Crippen LogP contribution in [0.4, 0.5) is 0 Å². The second-order valence-electron chi connectivity index (χ2n) is 3.27. The van der Waals surface area contributed by atoms with Crippen LogP contribution in [0.3, 0.4) is 0 Å². The molecule has 0 fully saturated rings. The molecule has 0 aliphatic carbocycles. The van der Waals surface area contributed by atoms with Crippen molar-refractivity contribution < 1.29 is 4.79 Å². The Hall–Kier alpha value is -0.540. The van der Waals surface area contributed by atoms with E-state index < -0.39 is 0 Å². The minimum atomic E-state index is 0.0364. The molecule has 1 amide bonds. The minimum Gasteiger partial charge on any atom is -0.351 e. The van der Waals surface area contributed by atoms with Gasteiger partial charge in [-0.15, -0.1) is 22.9 Å². The molecule has 0 radical (unpaired) electrons. The fraction of sp³-hybridized carbons (Fsp3) is 0.545. The van der Waals surface area contributed by atoms with Crippen LogP contribution in [0.5, 0.6) is 0 Å². The third-order valence-corrected chi connectivity index (χ3v) is 3.58. The van der Waals surface area contributed by atoms with Gasteiger partial charge in [-0.2, -0.15) is 0 Å². The number of rotatable bonds is 6. The van der Waals surface area contributed by atoms with Crippen molar-refractivity contribution in [3.8, 4) is 0 Å². The van der Waals surface area contributed by atoms with Gasteiger partial charge in [-0.1, -0.05) is 6.92 Å². The van der Waals surface area contributed by atoms with Crippen LogP contribution in [0, 0.1) is 0 Å². The van der Waals surface area contributed by atoms with Crippen molar-refractivity contribution in [3.05, 3.63) is 21.9 Å². The predicted octanol–water partition coefficient (Wildman–Crippen LogP) is 3.06. The Morgan fingerprint density at radius 1 is 1.47 bits per heavy atom. The molecule has 0 bridgehead atoms. The summed E-state index contributed by atoms with van der Waals surface area (Å²) in [4.78, 5) is 13.7. The first-order valence-corrected chi connectivity index (χ1v) is 6.56. The topological polar surface area (TPSA) is 29.1 Å². The van der Waals surface area contributed by atoms with E-state index >= 15 is 0 Å². The highest BCUT2D eigenvalue weighted by atomic mass is 35.5. The lowest BCUT2D eigenvalue weighted by atomic mass is 10.3. The zero-order valence-electron chi connectivity index (χ0n) is 8.88. The first-order valence-electron chi connectivity index (χ1n) is 5.20. The van der Waals surface area contributed by atoms with Gasteiger partial charge in [0.05, 0.1) is 4.88 Å². The molecule has 0 aromatic carbocycles. The van der Waals surface area contributed by atoms with Gasteiger partial charge in [-0.05, 0) is 31.4 Å². The monoisotopic (exact) mass is 245 g/mol. The average Bonchev–Trinajstić information content (AvgIpc) is 2.72. The van der Waals surface area contributed by atoms with Crippen molar-refractivity contribution in [1.29, 1.82) is 0 Å². The second-order valence-corrected chi connectivity index (χ2v) is 4.82. The number of hydrogen-bond donors (Lipinski definition) is 1. The molecule has 0 atom stereocenters. The smallest absolute Gasteiger partial charge is 0.261 e. The lowest BCUT2D eigenvalue weighted by molar-refractivity contribution is 0.0957. The van der Waals surface area contributed by atoms with Crippen LogP contribution in [0.25, 0.3) is 0 Å². The number of unbranched alkanes of at least 4 members (excludes halogenated alkanes) is 1. The first-order chi connectivity index (χ1) is 7.27. The van der Waals surface area contributed by atoms with Crippen molar-refractivity contribution in [2.75, 3.05) is 12.4 Å². The summed E-state index contributed by atoms with van der Waals surface area (Å²) in [7, 11) is 0. The van der Waals surface area contributed by atoms with Crippen LogP contribution in [0.15, 0.2) is 12.1 Å². The molecule has 0 saturated heterocycles. The van der Waals surface area contributed by atoms with E-state index in [1.54, 1.807) is 11.3 Å². The molecule has 84 valence electrons. The number of halogens is 1. The van der Waals surface area contributed by atoms with Gasteiger partial charge in [0.15, 0.2) is 0 Å². The molecular weight excluding hydrogens is 230 g/mol. The number of carbonyl (C=O) groups is 1. The van der Waals surface area contributed by atoms with E-state index in [0.717, 1.165) is 24.1 Å². The third-order valence-electron chi connectivity index (χ3n) is 2.08. The molecule has 4 heteroatoms. The van der Waals surface area contributed by atoms with Gasteiger partial charge in [0.25, 0.3) is 5.91 Å². The SMILES string of the molecule is CCc1ccc(C(=O)NCCCCCl)s1. The predicted molar refractivity (Wildman–Crippen MR) is 66.0 cm³/mol. The van der Waals surface area contributed by atoms with Crippen molar-refractivity contribution in [2.45, 2.75) is 26.2 Å². The fourth-order valence-corrected chi connectivity index (χ4v) is 2.25. The summed E-state index contributed by atoms with van der Waals surface area (Å²) in [5, 5.41) is 2.88. The zero-order chi connectivity index (χ0) is 11.1. The lowest BCUT2D eigenvalue weighted by Crippen LogP contribution is -2.23. The molecular formula is C11H16ClNOS. The summed E-state index contributed by atoms with van der Waals surface area (Å²) in [5.74, 6) is 0.698. The van der Waals surface area contributed by atoms with Gasteiger partial charge < -0.3 is 5.32 Å². The van der Waals surface area contributed by atoms with Crippen LogP contribution >= 0.6 is 22.9 Å². The van der Waals surface area contributed by atoms with Crippen molar-refractivity contribution in [2.24, 2.45) is 0 Å². The van der Waals surface area contributed by atoms with Gasteiger partial charge >= 0.3 is 0 Å². The maximum Gasteiger partial charge on any atom is 0.261 e. The highest BCUT2D eigenvalue weighted by molar-refractivity contribution is 7.14. The molecule has 0 aliphatic rings. The molecule has 1 heterocycles. The summed E-state index contributed by atoms with van der Waals surface area (Å²) in [6.45, 7) is 2.80. The van der Waals surface area contributed by atoms with Crippen LogP contribution < -0.4 is 5.32 Å². The molecule has 2 nitrogen and oxygen atoms in total. The molecule has 15 heavy (non-hydrogen) atoms. The van der Waals surface area contributed by atoms with Gasteiger partial charge in [0.2, 0.25) is 0 Å². The molecule has 1 aromatic rings. The van der Waals surface area contributed by atoms with Crippen molar-refractivity contribution in [1.82, 2.24) is 5.32 Å². The number of carbonyl (C=O) groups excluding carboxylic acids is 1. The summed E-state index contributed by atoms with van der Waals surface area (Å²) in [6, 6.07) is 3.90. The number of alkyl halides is 1. The Morgan fingerprint density at radius 2 is 2.27 bits per heavy atom. The van der Waals surface area contributed by atoms with Gasteiger partial charge in [-0.3, -0.25) is 4.79 Å². The van der Waals surface area contributed by atoms with Crippen molar-refractivity contribution in [3.63, 3.8) is 0 Å². The molecule has 1 aromatic heterocycles. The Labute approximate surface area is 99.6 Å². The van der Waals surface area contributed by atoms with E-state index in [0.29, 0.717) is 12.4 Å². The van der Waals surface area contributed by atoms with E-state index in [-0.39, 0.29) is 5.91 Å². The molecule has 1 rings (SSSR count). The number of thiophene rings is 1. The number of hydrogen-bond acceptors (Lipinski definition) is 2. The number of aryl methyl sites for hydroxylation is 1. The summed E-state index contributed by atoms with van der Waals surface area (Å²) in [5.41, 5.74) is 0. The van der Waals surface area contributed by atoms with Crippen LogP contribution in [0.2, 0.25) is 0 Å². The fourth-order valence-electron chi connectivity index (χ4n) is 1.20. The van der Waals surface area contributed by atoms with E-state index in [4.69, 9.17) is 11.6 Å². The van der Waals surface area contributed by atoms with Gasteiger partial charge in [0, 0.05) is 17.3 Å². The Balaban J connectivity index is 2.33. The summed E-state index contributed by atoms with van der Waals surface area (Å²) < 4.78 is 0. The molecule has 1 N–H and O–H groups in total. The Kier molecular flexibility index (Phi) is 5.73. The average molecular weight is 246 g/mol. The lowest BCUT2D eigenvalue weighted by Gasteiger charge is -2.01. The zero-order valence-corrected chi connectivity index (χ0v) is 10.5. The summed E-state index contributed by atoms with van der Waals surface area (Å²) >= 11 is 7.11. The largest absolute Gasteiger partial charge is 0.351 e. The number of amides is 1. The quantitative estimate of drug-likeness (QED) is 0.606. The standard InChI is InChI=1S/C11H16ClNOS/c1-2-9-5-6-10(15-9)11(14)13-8-4-3-7-12/h5-6H,2-4,7-8H2,1H3,(H,13,14). The maximum atomic E-state index is 11.6. The second kappa shape index (κ2) is 6.85. The number of nitrogens with one attached hydrogen (secondary N) is 1. The van der Waals surface area contributed by atoms with E-state index in [9.17, 15) is 4.79 Å². The third kappa shape index (κ3) is 4.22.